The Kier molecular flexibility index (Phi) is 4.60. The summed E-state index contributed by atoms with van der Waals surface area (Å²) in [6, 6.07) is 9.78. The minimum atomic E-state index is 0.541. The number of anilines is 4. The summed E-state index contributed by atoms with van der Waals surface area (Å²) in [4.78, 5) is 10.5. The minimum Gasteiger partial charge on any atom is -0.393 e. The molecule has 1 heterocycles. The minimum absolute atomic E-state index is 0.541. The van der Waals surface area contributed by atoms with Gasteiger partial charge >= 0.3 is 0 Å². The van der Waals surface area contributed by atoms with Gasteiger partial charge in [-0.1, -0.05) is 18.2 Å². The van der Waals surface area contributed by atoms with Gasteiger partial charge in [-0.05, 0) is 26.0 Å². The number of nitrogens with zero attached hydrogens (tertiary/aromatic N) is 3. The Morgan fingerprint density at radius 2 is 1.75 bits per heavy atom. The molecule has 0 saturated heterocycles. The van der Waals surface area contributed by atoms with E-state index in [1.165, 1.54) is 6.33 Å². The van der Waals surface area contributed by atoms with Crippen LogP contribution in [0.1, 0.15) is 13.8 Å². The summed E-state index contributed by atoms with van der Waals surface area (Å²) in [5.41, 5.74) is 13.7. The van der Waals surface area contributed by atoms with E-state index in [2.05, 4.69) is 39.6 Å². The van der Waals surface area contributed by atoms with Crippen molar-refractivity contribution in [3.8, 4) is 0 Å². The van der Waals surface area contributed by atoms with Gasteiger partial charge in [0.15, 0.2) is 11.6 Å². The molecule has 0 radical (unpaired) electrons. The van der Waals surface area contributed by atoms with Gasteiger partial charge in [-0.15, -0.1) is 0 Å². The number of hydrogen-bond acceptors (Lipinski definition) is 6. The van der Waals surface area contributed by atoms with Crippen molar-refractivity contribution >= 4 is 23.0 Å². The molecular weight excluding hydrogens is 252 g/mol. The Hall–Kier alpha value is -2.50. The third-order valence-electron chi connectivity index (χ3n) is 3.02. The molecule has 0 spiro atoms. The van der Waals surface area contributed by atoms with E-state index in [1.54, 1.807) is 0 Å². The molecule has 6 heteroatoms. The normalized spacial score (nSPS) is 10.1. The lowest BCUT2D eigenvalue weighted by Gasteiger charge is -2.22. The second kappa shape index (κ2) is 6.60. The third-order valence-corrected chi connectivity index (χ3v) is 3.02. The van der Waals surface area contributed by atoms with E-state index in [-0.39, 0.29) is 0 Å². The molecule has 106 valence electrons. The average molecular weight is 272 g/mol. The van der Waals surface area contributed by atoms with Crippen LogP contribution < -0.4 is 21.5 Å². The van der Waals surface area contributed by atoms with Crippen molar-refractivity contribution < 1.29 is 0 Å². The molecule has 0 atom stereocenters. The highest BCUT2D eigenvalue weighted by Gasteiger charge is 2.12. The molecule has 0 saturated carbocycles. The van der Waals surface area contributed by atoms with Crippen molar-refractivity contribution in [2.24, 2.45) is 0 Å². The summed E-state index contributed by atoms with van der Waals surface area (Å²) < 4.78 is 0. The Morgan fingerprint density at radius 3 is 2.40 bits per heavy atom. The smallest absolute Gasteiger partial charge is 0.173 e. The van der Waals surface area contributed by atoms with Gasteiger partial charge < -0.3 is 10.6 Å². The monoisotopic (exact) mass is 272 g/mol. The van der Waals surface area contributed by atoms with Crippen LogP contribution in [0.25, 0.3) is 0 Å². The van der Waals surface area contributed by atoms with Crippen molar-refractivity contribution in [1.82, 2.24) is 9.97 Å². The maximum Gasteiger partial charge on any atom is 0.173 e. The Morgan fingerprint density at radius 1 is 1.05 bits per heavy atom. The second-order valence-corrected chi connectivity index (χ2v) is 4.25. The van der Waals surface area contributed by atoms with Crippen molar-refractivity contribution in [3.63, 3.8) is 0 Å². The summed E-state index contributed by atoms with van der Waals surface area (Å²) in [5.74, 6) is 1.33. The summed E-state index contributed by atoms with van der Waals surface area (Å²) in [6.07, 6.45) is 1.51. The molecule has 2 aromatic rings. The van der Waals surface area contributed by atoms with Crippen LogP contribution in [0.3, 0.4) is 0 Å². The van der Waals surface area contributed by atoms with Crippen LogP contribution in [-0.2, 0) is 0 Å². The van der Waals surface area contributed by atoms with Crippen molar-refractivity contribution in [1.29, 1.82) is 0 Å². The number of hydrogen-bond donors (Lipinski definition) is 3. The van der Waals surface area contributed by atoms with Gasteiger partial charge in [0, 0.05) is 13.1 Å². The third kappa shape index (κ3) is 3.09. The van der Waals surface area contributed by atoms with Crippen molar-refractivity contribution in [3.05, 3.63) is 36.7 Å². The second-order valence-electron chi connectivity index (χ2n) is 4.25. The van der Waals surface area contributed by atoms with Crippen LogP contribution >= 0.6 is 0 Å². The first-order valence-electron chi connectivity index (χ1n) is 6.68. The fourth-order valence-electron chi connectivity index (χ4n) is 1.91. The molecule has 0 bridgehead atoms. The summed E-state index contributed by atoms with van der Waals surface area (Å²) in [5, 5.41) is 0. The lowest BCUT2D eigenvalue weighted by molar-refractivity contribution is 0.844. The number of hydrazine groups is 1. The molecule has 4 N–H and O–H groups in total. The Labute approximate surface area is 119 Å². The van der Waals surface area contributed by atoms with Gasteiger partial charge in [0.1, 0.15) is 12.0 Å². The Balaban J connectivity index is 2.14. The van der Waals surface area contributed by atoms with Gasteiger partial charge in [-0.25, -0.2) is 9.97 Å². The van der Waals surface area contributed by atoms with Crippen molar-refractivity contribution in [2.45, 2.75) is 13.8 Å². The van der Waals surface area contributed by atoms with Gasteiger partial charge in [0.2, 0.25) is 0 Å². The molecule has 0 unspecified atom stereocenters. The lowest BCUT2D eigenvalue weighted by atomic mass is 10.3. The van der Waals surface area contributed by atoms with Gasteiger partial charge in [0.05, 0.1) is 5.69 Å². The number of nitrogens with two attached hydrogens (primary N) is 1. The highest BCUT2D eigenvalue weighted by Crippen LogP contribution is 2.25. The van der Waals surface area contributed by atoms with E-state index in [9.17, 15) is 0 Å². The van der Waals surface area contributed by atoms with E-state index in [1.807, 2.05) is 30.3 Å². The molecule has 0 amide bonds. The van der Waals surface area contributed by atoms with Crippen molar-refractivity contribution in [2.75, 3.05) is 34.6 Å². The summed E-state index contributed by atoms with van der Waals surface area (Å²) in [7, 11) is 0. The molecule has 1 aromatic carbocycles. The molecule has 6 nitrogen and oxygen atoms in total. The zero-order valence-electron chi connectivity index (χ0n) is 11.8. The first-order valence-corrected chi connectivity index (χ1v) is 6.68. The fourth-order valence-corrected chi connectivity index (χ4v) is 1.91. The van der Waals surface area contributed by atoms with Gasteiger partial charge in [-0.3, -0.25) is 10.9 Å². The molecule has 0 aliphatic carbocycles. The zero-order valence-corrected chi connectivity index (χ0v) is 11.8. The lowest BCUT2D eigenvalue weighted by Crippen LogP contribution is -2.25. The molecular formula is C14H20N6. The van der Waals surface area contributed by atoms with E-state index < -0.39 is 0 Å². The van der Waals surface area contributed by atoms with Crippen LogP contribution in [0.2, 0.25) is 0 Å². The van der Waals surface area contributed by atoms with Crippen LogP contribution in [0.15, 0.2) is 36.7 Å². The van der Waals surface area contributed by atoms with E-state index in [0.717, 1.165) is 24.6 Å². The maximum atomic E-state index is 6.13. The van der Waals surface area contributed by atoms with E-state index >= 15 is 0 Å². The number of nitrogens with one attached hydrogen (secondary N) is 2. The van der Waals surface area contributed by atoms with Crippen LogP contribution in [-0.4, -0.2) is 23.1 Å². The van der Waals surface area contributed by atoms with Crippen LogP contribution in [0.4, 0.5) is 23.0 Å². The first-order chi connectivity index (χ1) is 9.76. The molecule has 20 heavy (non-hydrogen) atoms. The number of para-hydroxylation sites is 1. The maximum absolute atomic E-state index is 6.13. The number of benzene rings is 1. The predicted octanol–water partition coefficient (Wildman–Crippen LogP) is 2.34. The molecule has 1 aromatic heterocycles. The molecule has 0 aliphatic heterocycles. The highest BCUT2D eigenvalue weighted by atomic mass is 15.4. The van der Waals surface area contributed by atoms with Crippen LogP contribution in [0.5, 0.6) is 0 Å². The highest BCUT2D eigenvalue weighted by molar-refractivity contribution is 5.75. The van der Waals surface area contributed by atoms with E-state index in [4.69, 9.17) is 5.73 Å². The first kappa shape index (κ1) is 13.9. The van der Waals surface area contributed by atoms with Crippen LogP contribution in [0, 0.1) is 0 Å². The van der Waals surface area contributed by atoms with E-state index in [0.29, 0.717) is 11.5 Å². The SMILES string of the molecule is CCN(CC)c1ncnc(NNc2ccccc2)c1N. The topological polar surface area (TPSA) is 79.1 Å². The summed E-state index contributed by atoms with van der Waals surface area (Å²) >= 11 is 0. The molecule has 0 aliphatic rings. The molecule has 0 fully saturated rings. The number of aromatic nitrogens is 2. The van der Waals surface area contributed by atoms with Gasteiger partial charge in [-0.2, -0.15) is 0 Å². The summed E-state index contributed by atoms with van der Waals surface area (Å²) in [6.45, 7) is 5.84. The fraction of sp³-hybridized carbons (Fsp3) is 0.286. The standard InChI is InChI=1S/C14H20N6/c1-3-20(4-2)14-12(15)13(16-10-17-14)19-18-11-8-6-5-7-9-11/h5-10,18H,3-4,15H2,1-2H3,(H,16,17,19). The number of nitrogen functional groups attached to an aromatic ring is 1. The quantitative estimate of drug-likeness (QED) is 0.700. The predicted molar refractivity (Wildman–Crippen MR) is 83.7 cm³/mol. The van der Waals surface area contributed by atoms with Gasteiger partial charge in [0.25, 0.3) is 0 Å². The Bertz CT molecular complexity index is 539. The largest absolute Gasteiger partial charge is 0.393 e. The average Bonchev–Trinajstić information content (AvgIpc) is 2.50. The zero-order chi connectivity index (χ0) is 14.4. The number of rotatable bonds is 6. The molecule has 2 rings (SSSR count).